The van der Waals surface area contributed by atoms with Gasteiger partial charge in [-0.2, -0.15) is 4.98 Å². The summed E-state index contributed by atoms with van der Waals surface area (Å²) in [4.78, 5) is 18.3. The first-order valence-electron chi connectivity index (χ1n) is 7.74. The van der Waals surface area contributed by atoms with E-state index in [2.05, 4.69) is 29.2 Å². The maximum atomic E-state index is 12.3. The second-order valence-electron chi connectivity index (χ2n) is 6.21. The molecule has 2 heterocycles. The Labute approximate surface area is 135 Å². The van der Waals surface area contributed by atoms with Crippen molar-refractivity contribution < 1.29 is 14.1 Å². The Hall–Kier alpha value is -2.21. The number of rotatable bonds is 5. The summed E-state index contributed by atoms with van der Waals surface area (Å²) in [5, 5.41) is 3.84. The fourth-order valence-electron chi connectivity index (χ4n) is 3.06. The molecule has 1 fully saturated rings. The van der Waals surface area contributed by atoms with E-state index in [-0.39, 0.29) is 11.3 Å². The molecular weight excluding hydrogens is 294 g/mol. The van der Waals surface area contributed by atoms with Gasteiger partial charge in [0.15, 0.2) is 5.82 Å². The Bertz CT molecular complexity index is 671. The zero-order valence-corrected chi connectivity index (χ0v) is 13.5. The average Bonchev–Trinajstić information content (AvgIpc) is 3.00. The Kier molecular flexibility index (Phi) is 4.43. The smallest absolute Gasteiger partial charge is 0.246 e. The van der Waals surface area contributed by atoms with Crippen molar-refractivity contribution in [3.8, 4) is 0 Å². The number of benzene rings is 1. The fourth-order valence-corrected chi connectivity index (χ4v) is 3.06. The zero-order valence-electron chi connectivity index (χ0n) is 13.5. The summed E-state index contributed by atoms with van der Waals surface area (Å²) in [6, 6.07) is 10.3. The molecule has 1 saturated heterocycles. The highest BCUT2D eigenvalue weighted by molar-refractivity contribution is 5.77. The molecule has 0 radical (unpaired) electrons. The van der Waals surface area contributed by atoms with E-state index in [4.69, 9.17) is 9.26 Å². The first kappa shape index (κ1) is 15.7. The van der Waals surface area contributed by atoms with Crippen LogP contribution in [0, 0.1) is 0 Å². The number of piperidine rings is 1. The standard InChI is InChI=1S/C17H21N3O3/c1-17(13-6-4-3-5-7-13)9-8-16(21)20(12-17)10-15-18-14(11-22-2)19-23-15/h3-7H,8-12H2,1-2H3. The van der Waals surface area contributed by atoms with Crippen molar-refractivity contribution in [2.75, 3.05) is 13.7 Å². The number of hydrogen-bond donors (Lipinski definition) is 0. The van der Waals surface area contributed by atoms with Gasteiger partial charge in [0.05, 0.1) is 0 Å². The molecule has 0 N–H and O–H groups in total. The van der Waals surface area contributed by atoms with Crippen LogP contribution in [0.5, 0.6) is 0 Å². The minimum atomic E-state index is -0.0510. The van der Waals surface area contributed by atoms with Crippen LogP contribution in [0.1, 0.15) is 37.0 Å². The SMILES string of the molecule is COCc1noc(CN2CC(C)(c3ccccc3)CCC2=O)n1. The number of aromatic nitrogens is 2. The van der Waals surface area contributed by atoms with E-state index >= 15 is 0 Å². The molecule has 1 aromatic carbocycles. The van der Waals surface area contributed by atoms with E-state index in [0.29, 0.717) is 37.8 Å². The number of carbonyl (C=O) groups is 1. The lowest BCUT2D eigenvalue weighted by Crippen LogP contribution is -2.47. The molecular formula is C17H21N3O3. The quantitative estimate of drug-likeness (QED) is 0.847. The van der Waals surface area contributed by atoms with Crippen molar-refractivity contribution in [3.05, 3.63) is 47.6 Å². The first-order chi connectivity index (χ1) is 11.1. The van der Waals surface area contributed by atoms with E-state index in [1.807, 2.05) is 18.2 Å². The number of nitrogens with zero attached hydrogens (tertiary/aromatic N) is 3. The lowest BCUT2D eigenvalue weighted by Gasteiger charge is -2.40. The fraction of sp³-hybridized carbons (Fsp3) is 0.471. The highest BCUT2D eigenvalue weighted by Crippen LogP contribution is 2.34. The summed E-state index contributed by atoms with van der Waals surface area (Å²) in [6.45, 7) is 3.50. The van der Waals surface area contributed by atoms with Crippen molar-refractivity contribution in [2.45, 2.75) is 38.3 Å². The van der Waals surface area contributed by atoms with Crippen LogP contribution in [0.3, 0.4) is 0 Å². The number of carbonyl (C=O) groups excluding carboxylic acids is 1. The Morgan fingerprint density at radius 1 is 1.35 bits per heavy atom. The molecule has 1 amide bonds. The van der Waals surface area contributed by atoms with Gasteiger partial charge in [-0.3, -0.25) is 4.79 Å². The molecule has 23 heavy (non-hydrogen) atoms. The minimum Gasteiger partial charge on any atom is -0.377 e. The summed E-state index contributed by atoms with van der Waals surface area (Å²) in [6.07, 6.45) is 1.38. The van der Waals surface area contributed by atoms with Crippen molar-refractivity contribution in [3.63, 3.8) is 0 Å². The molecule has 0 spiro atoms. The molecule has 0 aliphatic carbocycles. The third-order valence-corrected chi connectivity index (χ3v) is 4.36. The van der Waals surface area contributed by atoms with E-state index in [1.165, 1.54) is 5.56 Å². The Morgan fingerprint density at radius 2 is 2.13 bits per heavy atom. The summed E-state index contributed by atoms with van der Waals surface area (Å²) >= 11 is 0. The van der Waals surface area contributed by atoms with Crippen molar-refractivity contribution in [1.82, 2.24) is 15.0 Å². The van der Waals surface area contributed by atoms with Gasteiger partial charge in [-0.25, -0.2) is 0 Å². The predicted molar refractivity (Wildman–Crippen MR) is 83.5 cm³/mol. The molecule has 122 valence electrons. The summed E-state index contributed by atoms with van der Waals surface area (Å²) in [7, 11) is 1.58. The third-order valence-electron chi connectivity index (χ3n) is 4.36. The lowest BCUT2D eigenvalue weighted by atomic mass is 9.76. The van der Waals surface area contributed by atoms with Crippen LogP contribution < -0.4 is 0 Å². The number of amides is 1. The Balaban J connectivity index is 1.74. The van der Waals surface area contributed by atoms with Crippen LogP contribution in [0.4, 0.5) is 0 Å². The van der Waals surface area contributed by atoms with Gasteiger partial charge >= 0.3 is 0 Å². The van der Waals surface area contributed by atoms with Crippen molar-refractivity contribution in [2.24, 2.45) is 0 Å². The summed E-state index contributed by atoms with van der Waals surface area (Å²) < 4.78 is 10.2. The zero-order chi connectivity index (χ0) is 16.3. The lowest BCUT2D eigenvalue weighted by molar-refractivity contribution is -0.136. The molecule has 6 heteroatoms. The molecule has 1 unspecified atom stereocenters. The van der Waals surface area contributed by atoms with Gasteiger partial charge in [0.25, 0.3) is 0 Å². The van der Waals surface area contributed by atoms with Gasteiger partial charge in [-0.1, -0.05) is 42.4 Å². The molecule has 3 rings (SSSR count). The number of methoxy groups -OCH3 is 1. The molecule has 6 nitrogen and oxygen atoms in total. The first-order valence-corrected chi connectivity index (χ1v) is 7.74. The number of likely N-dealkylation sites (tertiary alicyclic amines) is 1. The summed E-state index contributed by atoms with van der Waals surface area (Å²) in [5.41, 5.74) is 1.20. The molecule has 1 aliphatic rings. The number of ether oxygens (including phenoxy) is 1. The maximum absolute atomic E-state index is 12.3. The predicted octanol–water partition coefficient (Wildman–Crippen LogP) is 2.30. The second kappa shape index (κ2) is 6.50. The maximum Gasteiger partial charge on any atom is 0.246 e. The van der Waals surface area contributed by atoms with Crippen LogP contribution >= 0.6 is 0 Å². The normalized spacial score (nSPS) is 21.7. The van der Waals surface area contributed by atoms with Crippen LogP contribution in [-0.2, 0) is 28.1 Å². The largest absolute Gasteiger partial charge is 0.377 e. The molecule has 2 aromatic rings. The third kappa shape index (κ3) is 3.42. The Morgan fingerprint density at radius 3 is 2.87 bits per heavy atom. The van der Waals surface area contributed by atoms with E-state index < -0.39 is 0 Å². The number of hydrogen-bond acceptors (Lipinski definition) is 5. The van der Waals surface area contributed by atoms with Gasteiger partial charge < -0.3 is 14.2 Å². The van der Waals surface area contributed by atoms with Crippen LogP contribution in [0.2, 0.25) is 0 Å². The highest BCUT2D eigenvalue weighted by Gasteiger charge is 2.36. The van der Waals surface area contributed by atoms with E-state index in [0.717, 1.165) is 6.42 Å². The van der Waals surface area contributed by atoms with Crippen LogP contribution in [0.25, 0.3) is 0 Å². The van der Waals surface area contributed by atoms with Gasteiger partial charge in [0.1, 0.15) is 13.2 Å². The van der Waals surface area contributed by atoms with Gasteiger partial charge in [0, 0.05) is 25.5 Å². The molecule has 1 aromatic heterocycles. The average molecular weight is 315 g/mol. The van der Waals surface area contributed by atoms with Crippen LogP contribution in [-0.4, -0.2) is 34.6 Å². The molecule has 0 bridgehead atoms. The summed E-state index contributed by atoms with van der Waals surface area (Å²) in [5.74, 6) is 1.07. The monoisotopic (exact) mass is 315 g/mol. The highest BCUT2D eigenvalue weighted by atomic mass is 16.5. The second-order valence-corrected chi connectivity index (χ2v) is 6.21. The van der Waals surface area contributed by atoms with Gasteiger partial charge in [-0.05, 0) is 12.0 Å². The van der Waals surface area contributed by atoms with Crippen LogP contribution in [0.15, 0.2) is 34.9 Å². The molecule has 0 saturated carbocycles. The van der Waals surface area contributed by atoms with E-state index in [1.54, 1.807) is 12.0 Å². The molecule has 1 aliphatic heterocycles. The topological polar surface area (TPSA) is 68.5 Å². The van der Waals surface area contributed by atoms with Gasteiger partial charge in [-0.15, -0.1) is 0 Å². The van der Waals surface area contributed by atoms with Crippen molar-refractivity contribution >= 4 is 5.91 Å². The van der Waals surface area contributed by atoms with Crippen molar-refractivity contribution in [1.29, 1.82) is 0 Å². The molecule has 1 atom stereocenters. The van der Waals surface area contributed by atoms with Gasteiger partial charge in [0.2, 0.25) is 11.8 Å². The minimum absolute atomic E-state index is 0.0510. The van der Waals surface area contributed by atoms with E-state index in [9.17, 15) is 4.79 Å².